The number of hydrogen-bond acceptors (Lipinski definition) is 2. The van der Waals surface area contributed by atoms with Gasteiger partial charge in [-0.2, -0.15) is 5.10 Å². The molecule has 3 heterocycles. The minimum atomic E-state index is -0.0473. The molecule has 112 valence electrons. The first-order valence-corrected chi connectivity index (χ1v) is 7.32. The zero-order valence-electron chi connectivity index (χ0n) is 12.5. The van der Waals surface area contributed by atoms with Crippen LogP contribution < -0.4 is 5.32 Å². The van der Waals surface area contributed by atoms with Crippen molar-refractivity contribution < 1.29 is 4.79 Å². The highest BCUT2D eigenvalue weighted by Crippen LogP contribution is 2.31. The first-order valence-electron chi connectivity index (χ1n) is 7.32. The van der Waals surface area contributed by atoms with Crippen molar-refractivity contribution in [2.45, 2.75) is 25.3 Å². The largest absolute Gasteiger partial charge is 0.353 e. The zero-order valence-corrected chi connectivity index (χ0v) is 12.5. The fourth-order valence-electron chi connectivity index (χ4n) is 2.98. The minimum Gasteiger partial charge on any atom is -0.353 e. The van der Waals surface area contributed by atoms with Crippen LogP contribution in [0.25, 0.3) is 0 Å². The zero-order chi connectivity index (χ0) is 14.8. The second kappa shape index (κ2) is 5.63. The Morgan fingerprint density at radius 1 is 1.38 bits per heavy atom. The third-order valence-electron chi connectivity index (χ3n) is 4.05. The molecular weight excluding hydrogens is 266 g/mol. The molecule has 0 radical (unpaired) electrons. The standard InChI is InChI=1S/C15H21N5O/c1-18-8-5-7-13(18)14-6-3-4-9-20(14)15(21)17-12-10-16-19(2)11-12/h5,7-8,10-11,14H,3-4,6,9H2,1-2H3,(H,17,21)/t14-/m1/s1. The van der Waals surface area contributed by atoms with Crippen LogP contribution in [-0.4, -0.2) is 31.8 Å². The Bertz CT molecular complexity index is 630. The lowest BCUT2D eigenvalue weighted by Crippen LogP contribution is -2.41. The number of amides is 2. The number of carbonyl (C=O) groups is 1. The molecule has 0 unspecified atom stereocenters. The average molecular weight is 287 g/mol. The number of aromatic nitrogens is 3. The van der Waals surface area contributed by atoms with Crippen molar-refractivity contribution in [2.75, 3.05) is 11.9 Å². The van der Waals surface area contributed by atoms with Crippen LogP contribution >= 0.6 is 0 Å². The summed E-state index contributed by atoms with van der Waals surface area (Å²) in [5, 5.41) is 7.02. The van der Waals surface area contributed by atoms with Gasteiger partial charge in [0, 0.05) is 38.7 Å². The molecule has 1 aliphatic heterocycles. The van der Waals surface area contributed by atoms with Crippen LogP contribution in [0.1, 0.15) is 31.0 Å². The van der Waals surface area contributed by atoms with Gasteiger partial charge in [0.25, 0.3) is 0 Å². The van der Waals surface area contributed by atoms with E-state index in [4.69, 9.17) is 0 Å². The number of likely N-dealkylation sites (tertiary alicyclic amines) is 1. The molecular formula is C15H21N5O. The third kappa shape index (κ3) is 2.79. The second-order valence-electron chi connectivity index (χ2n) is 5.58. The highest BCUT2D eigenvalue weighted by Gasteiger charge is 2.29. The number of urea groups is 1. The lowest BCUT2D eigenvalue weighted by Gasteiger charge is -2.35. The molecule has 1 saturated heterocycles. The van der Waals surface area contributed by atoms with Gasteiger partial charge in [-0.3, -0.25) is 4.68 Å². The molecule has 3 rings (SSSR count). The van der Waals surface area contributed by atoms with Gasteiger partial charge in [0.1, 0.15) is 0 Å². The number of rotatable bonds is 2. The minimum absolute atomic E-state index is 0.0473. The number of carbonyl (C=O) groups excluding carboxylic acids is 1. The van der Waals surface area contributed by atoms with Gasteiger partial charge in [-0.1, -0.05) is 0 Å². The summed E-state index contributed by atoms with van der Waals surface area (Å²) in [5.41, 5.74) is 1.93. The van der Waals surface area contributed by atoms with E-state index in [0.717, 1.165) is 31.5 Å². The van der Waals surface area contributed by atoms with Gasteiger partial charge in [-0.05, 0) is 31.4 Å². The van der Waals surface area contributed by atoms with E-state index in [2.05, 4.69) is 21.0 Å². The van der Waals surface area contributed by atoms with Crippen LogP contribution in [0.15, 0.2) is 30.7 Å². The number of nitrogens with zero attached hydrogens (tertiary/aromatic N) is 4. The third-order valence-corrected chi connectivity index (χ3v) is 4.05. The number of anilines is 1. The molecule has 0 bridgehead atoms. The van der Waals surface area contributed by atoms with E-state index < -0.39 is 0 Å². The van der Waals surface area contributed by atoms with Crippen LogP contribution in [0.2, 0.25) is 0 Å². The maximum absolute atomic E-state index is 12.6. The molecule has 1 atom stereocenters. The van der Waals surface area contributed by atoms with Crippen LogP contribution in [-0.2, 0) is 14.1 Å². The Morgan fingerprint density at radius 3 is 2.90 bits per heavy atom. The molecule has 0 aliphatic carbocycles. The van der Waals surface area contributed by atoms with Crippen molar-refractivity contribution in [3.8, 4) is 0 Å². The Morgan fingerprint density at radius 2 is 2.24 bits per heavy atom. The van der Waals surface area contributed by atoms with Crippen LogP contribution in [0, 0.1) is 0 Å². The van der Waals surface area contributed by atoms with Gasteiger partial charge < -0.3 is 14.8 Å². The number of nitrogens with one attached hydrogen (secondary N) is 1. The number of aryl methyl sites for hydroxylation is 2. The van der Waals surface area contributed by atoms with E-state index in [9.17, 15) is 4.79 Å². The van der Waals surface area contributed by atoms with Crippen LogP contribution in [0.4, 0.5) is 10.5 Å². The second-order valence-corrected chi connectivity index (χ2v) is 5.58. The molecule has 2 aromatic heterocycles. The van der Waals surface area contributed by atoms with Crippen molar-refractivity contribution in [1.82, 2.24) is 19.2 Å². The van der Waals surface area contributed by atoms with Crippen molar-refractivity contribution >= 4 is 11.7 Å². The van der Waals surface area contributed by atoms with E-state index in [0.29, 0.717) is 0 Å². The predicted molar refractivity (Wildman–Crippen MR) is 80.9 cm³/mol. The lowest BCUT2D eigenvalue weighted by atomic mass is 10.00. The summed E-state index contributed by atoms with van der Waals surface area (Å²) >= 11 is 0. The van der Waals surface area contributed by atoms with Gasteiger partial charge in [-0.15, -0.1) is 0 Å². The summed E-state index contributed by atoms with van der Waals surface area (Å²) in [4.78, 5) is 14.5. The summed E-state index contributed by atoms with van der Waals surface area (Å²) in [6, 6.07) is 4.23. The molecule has 0 aromatic carbocycles. The molecule has 1 aliphatic rings. The van der Waals surface area contributed by atoms with Gasteiger partial charge in [0.2, 0.25) is 0 Å². The molecule has 1 N–H and O–H groups in total. The Kier molecular flexibility index (Phi) is 3.68. The van der Waals surface area contributed by atoms with E-state index in [1.54, 1.807) is 17.1 Å². The Balaban J connectivity index is 1.77. The van der Waals surface area contributed by atoms with Gasteiger partial charge in [0.05, 0.1) is 17.9 Å². The number of hydrogen-bond donors (Lipinski definition) is 1. The fraction of sp³-hybridized carbons (Fsp3) is 0.467. The normalized spacial score (nSPS) is 18.8. The van der Waals surface area contributed by atoms with E-state index in [1.807, 2.05) is 31.3 Å². The summed E-state index contributed by atoms with van der Waals surface area (Å²) < 4.78 is 3.78. The highest BCUT2D eigenvalue weighted by molar-refractivity contribution is 5.89. The quantitative estimate of drug-likeness (QED) is 0.922. The predicted octanol–water partition coefficient (Wildman–Crippen LogP) is 2.52. The summed E-state index contributed by atoms with van der Waals surface area (Å²) in [5.74, 6) is 0. The van der Waals surface area contributed by atoms with E-state index in [-0.39, 0.29) is 12.1 Å². The fourth-order valence-corrected chi connectivity index (χ4v) is 2.98. The summed E-state index contributed by atoms with van der Waals surface area (Å²) in [6.45, 7) is 0.794. The van der Waals surface area contributed by atoms with Crippen LogP contribution in [0.5, 0.6) is 0 Å². The molecule has 6 heteroatoms. The number of piperidine rings is 1. The van der Waals surface area contributed by atoms with Gasteiger partial charge in [-0.25, -0.2) is 4.79 Å². The lowest BCUT2D eigenvalue weighted by molar-refractivity contribution is 0.160. The van der Waals surface area contributed by atoms with Crippen LogP contribution in [0.3, 0.4) is 0 Å². The van der Waals surface area contributed by atoms with Crippen molar-refractivity contribution in [3.05, 3.63) is 36.4 Å². The first-order chi connectivity index (χ1) is 10.1. The SMILES string of the molecule is Cn1cc(NC(=O)N2CCCC[C@@H]2c2cccn2C)cn1. The molecule has 0 spiro atoms. The Hall–Kier alpha value is -2.24. The van der Waals surface area contributed by atoms with E-state index >= 15 is 0 Å². The summed E-state index contributed by atoms with van der Waals surface area (Å²) in [7, 11) is 3.87. The molecule has 2 aromatic rings. The average Bonchev–Trinajstić information content (AvgIpc) is 3.07. The van der Waals surface area contributed by atoms with Gasteiger partial charge >= 0.3 is 6.03 Å². The van der Waals surface area contributed by atoms with Crippen molar-refractivity contribution in [1.29, 1.82) is 0 Å². The first kappa shape index (κ1) is 13.7. The topological polar surface area (TPSA) is 55.1 Å². The van der Waals surface area contributed by atoms with Crippen molar-refractivity contribution in [2.24, 2.45) is 14.1 Å². The smallest absolute Gasteiger partial charge is 0.322 e. The molecule has 1 fully saturated rings. The molecule has 0 saturated carbocycles. The molecule has 21 heavy (non-hydrogen) atoms. The van der Waals surface area contributed by atoms with E-state index in [1.165, 1.54) is 5.69 Å². The van der Waals surface area contributed by atoms with Gasteiger partial charge in [0.15, 0.2) is 0 Å². The Labute approximate surface area is 124 Å². The molecule has 2 amide bonds. The summed E-state index contributed by atoms with van der Waals surface area (Å²) in [6.07, 6.45) is 8.73. The monoisotopic (exact) mass is 287 g/mol. The molecule has 6 nitrogen and oxygen atoms in total. The van der Waals surface area contributed by atoms with Crippen molar-refractivity contribution in [3.63, 3.8) is 0 Å². The maximum Gasteiger partial charge on any atom is 0.322 e. The highest BCUT2D eigenvalue weighted by atomic mass is 16.2. The maximum atomic E-state index is 12.6.